The zero-order valence-electron chi connectivity index (χ0n) is 7.95. The van der Waals surface area contributed by atoms with E-state index in [4.69, 9.17) is 10.8 Å². The normalized spacial score (nSPS) is 10.4. The first kappa shape index (κ1) is 10.7. The second-order valence-electron chi connectivity index (χ2n) is 2.68. The minimum atomic E-state index is 0.435. The Kier molecular flexibility index (Phi) is 4.13. The lowest BCUT2D eigenvalue weighted by molar-refractivity contribution is 1.49. The van der Waals surface area contributed by atoms with Gasteiger partial charge in [-0.15, -0.1) is 11.8 Å². The first-order chi connectivity index (χ1) is 6.74. The average Bonchev–Trinajstić information content (AvgIpc) is 2.26. The standard InChI is InChI=1S/C11H12N2S/c1-14-11(13)8-7-10(12)9-5-3-2-4-6-9/h2-8,12-13H,1H3/b8-7-,12-10?,13-11?. The fraction of sp³-hybridized carbons (Fsp3) is 0.0909. The van der Waals surface area contributed by atoms with Gasteiger partial charge in [-0.3, -0.25) is 5.41 Å². The van der Waals surface area contributed by atoms with Gasteiger partial charge in [0.05, 0.1) is 10.8 Å². The topological polar surface area (TPSA) is 47.7 Å². The molecule has 0 amide bonds. The summed E-state index contributed by atoms with van der Waals surface area (Å²) < 4.78 is 0. The minimum Gasteiger partial charge on any atom is -0.300 e. The molecule has 0 saturated carbocycles. The Balaban J connectivity index is 2.69. The van der Waals surface area contributed by atoms with Crippen molar-refractivity contribution >= 4 is 22.5 Å². The third-order valence-electron chi connectivity index (χ3n) is 1.71. The van der Waals surface area contributed by atoms with E-state index in [1.54, 1.807) is 12.2 Å². The van der Waals surface area contributed by atoms with E-state index in [-0.39, 0.29) is 0 Å². The van der Waals surface area contributed by atoms with Crippen LogP contribution in [0, 0.1) is 10.8 Å². The van der Waals surface area contributed by atoms with Crippen LogP contribution in [0.2, 0.25) is 0 Å². The zero-order valence-corrected chi connectivity index (χ0v) is 8.77. The summed E-state index contributed by atoms with van der Waals surface area (Å²) >= 11 is 1.36. The van der Waals surface area contributed by atoms with Crippen molar-refractivity contribution in [1.82, 2.24) is 0 Å². The molecule has 1 rings (SSSR count). The lowest BCUT2D eigenvalue weighted by atomic mass is 10.1. The SMILES string of the molecule is CSC(=N)/C=C\C(=N)c1ccccc1. The molecule has 2 N–H and O–H groups in total. The van der Waals surface area contributed by atoms with Gasteiger partial charge < -0.3 is 5.41 Å². The van der Waals surface area contributed by atoms with Gasteiger partial charge in [0, 0.05) is 0 Å². The molecule has 1 aromatic rings. The highest BCUT2D eigenvalue weighted by atomic mass is 32.2. The molecule has 0 aliphatic rings. The summed E-state index contributed by atoms with van der Waals surface area (Å²) in [6, 6.07) is 9.49. The summed E-state index contributed by atoms with van der Waals surface area (Å²) in [5.41, 5.74) is 1.31. The van der Waals surface area contributed by atoms with Gasteiger partial charge >= 0.3 is 0 Å². The third-order valence-corrected chi connectivity index (χ3v) is 2.28. The lowest BCUT2D eigenvalue weighted by Crippen LogP contribution is -1.94. The van der Waals surface area contributed by atoms with Crippen LogP contribution >= 0.6 is 11.8 Å². The Hall–Kier alpha value is -1.35. The van der Waals surface area contributed by atoms with Crippen LogP contribution in [0.4, 0.5) is 0 Å². The molecule has 0 unspecified atom stereocenters. The second kappa shape index (κ2) is 5.40. The average molecular weight is 204 g/mol. The van der Waals surface area contributed by atoms with Gasteiger partial charge in [0.25, 0.3) is 0 Å². The number of benzene rings is 1. The van der Waals surface area contributed by atoms with Gasteiger partial charge in [-0.05, 0) is 24.0 Å². The quantitative estimate of drug-likeness (QED) is 0.577. The van der Waals surface area contributed by atoms with Crippen molar-refractivity contribution in [2.75, 3.05) is 6.26 Å². The summed E-state index contributed by atoms with van der Waals surface area (Å²) in [5, 5.41) is 15.5. The Morgan fingerprint density at radius 2 is 1.79 bits per heavy atom. The fourth-order valence-corrected chi connectivity index (χ4v) is 1.15. The third kappa shape index (κ3) is 3.18. The van der Waals surface area contributed by atoms with Crippen molar-refractivity contribution < 1.29 is 0 Å². The minimum absolute atomic E-state index is 0.435. The van der Waals surface area contributed by atoms with Crippen LogP contribution in [-0.4, -0.2) is 17.0 Å². The summed E-state index contributed by atoms with van der Waals surface area (Å²) in [4.78, 5) is 0. The van der Waals surface area contributed by atoms with Crippen LogP contribution in [0.5, 0.6) is 0 Å². The number of allylic oxidation sites excluding steroid dienone is 1. The smallest absolute Gasteiger partial charge is 0.0867 e. The molecule has 0 aliphatic carbocycles. The highest BCUT2D eigenvalue weighted by Gasteiger charge is 1.95. The predicted molar refractivity (Wildman–Crippen MR) is 63.7 cm³/mol. The molecule has 3 heteroatoms. The summed E-state index contributed by atoms with van der Waals surface area (Å²) in [6.07, 6.45) is 5.13. The van der Waals surface area contributed by atoms with E-state index in [1.807, 2.05) is 36.6 Å². The van der Waals surface area contributed by atoms with Crippen molar-refractivity contribution in [3.05, 3.63) is 48.0 Å². The number of hydrogen-bond donors (Lipinski definition) is 2. The summed E-state index contributed by atoms with van der Waals surface area (Å²) in [6.45, 7) is 0. The largest absolute Gasteiger partial charge is 0.300 e. The van der Waals surface area contributed by atoms with Crippen LogP contribution in [0.15, 0.2) is 42.5 Å². The first-order valence-corrected chi connectivity index (χ1v) is 5.41. The molecule has 0 spiro atoms. The van der Waals surface area contributed by atoms with E-state index < -0.39 is 0 Å². The van der Waals surface area contributed by atoms with Gasteiger partial charge in [0.1, 0.15) is 0 Å². The lowest BCUT2D eigenvalue weighted by Gasteiger charge is -1.96. The van der Waals surface area contributed by atoms with Gasteiger partial charge in [-0.2, -0.15) is 0 Å². The van der Waals surface area contributed by atoms with Gasteiger partial charge in [0.2, 0.25) is 0 Å². The van der Waals surface area contributed by atoms with E-state index in [9.17, 15) is 0 Å². The number of nitrogens with one attached hydrogen (secondary N) is 2. The van der Waals surface area contributed by atoms with Gasteiger partial charge in [0.15, 0.2) is 0 Å². The van der Waals surface area contributed by atoms with E-state index in [0.717, 1.165) is 5.56 Å². The molecule has 14 heavy (non-hydrogen) atoms. The van der Waals surface area contributed by atoms with E-state index >= 15 is 0 Å². The molecular formula is C11H12N2S. The molecule has 72 valence electrons. The Bertz CT molecular complexity index is 355. The van der Waals surface area contributed by atoms with Crippen molar-refractivity contribution in [3.63, 3.8) is 0 Å². The van der Waals surface area contributed by atoms with Crippen molar-refractivity contribution in [2.45, 2.75) is 0 Å². The van der Waals surface area contributed by atoms with Crippen LogP contribution in [-0.2, 0) is 0 Å². The van der Waals surface area contributed by atoms with E-state index in [1.165, 1.54) is 11.8 Å². The Morgan fingerprint density at radius 3 is 2.36 bits per heavy atom. The summed E-state index contributed by atoms with van der Waals surface area (Å²) in [7, 11) is 0. The highest BCUT2D eigenvalue weighted by molar-refractivity contribution is 8.13. The highest BCUT2D eigenvalue weighted by Crippen LogP contribution is 2.02. The maximum atomic E-state index is 7.71. The molecule has 1 aromatic carbocycles. The molecule has 0 heterocycles. The Labute approximate surface area is 88.1 Å². The summed E-state index contributed by atoms with van der Waals surface area (Å²) in [5.74, 6) is 0. The van der Waals surface area contributed by atoms with Crippen LogP contribution in [0.3, 0.4) is 0 Å². The first-order valence-electron chi connectivity index (χ1n) is 4.18. The van der Waals surface area contributed by atoms with Crippen LogP contribution in [0.25, 0.3) is 0 Å². The number of thioether (sulfide) groups is 1. The predicted octanol–water partition coefficient (Wildman–Crippen LogP) is 2.95. The molecular weight excluding hydrogens is 192 g/mol. The molecule has 0 bridgehead atoms. The van der Waals surface area contributed by atoms with Crippen LogP contribution < -0.4 is 0 Å². The maximum Gasteiger partial charge on any atom is 0.0867 e. The Morgan fingerprint density at radius 1 is 1.14 bits per heavy atom. The fourth-order valence-electron chi connectivity index (χ4n) is 0.941. The molecule has 0 radical (unpaired) electrons. The molecule has 0 saturated heterocycles. The van der Waals surface area contributed by atoms with E-state index in [0.29, 0.717) is 10.8 Å². The van der Waals surface area contributed by atoms with Gasteiger partial charge in [-0.1, -0.05) is 30.3 Å². The molecule has 0 aliphatic heterocycles. The zero-order chi connectivity index (χ0) is 10.4. The van der Waals surface area contributed by atoms with Crippen molar-refractivity contribution in [3.8, 4) is 0 Å². The van der Waals surface area contributed by atoms with Gasteiger partial charge in [-0.25, -0.2) is 0 Å². The van der Waals surface area contributed by atoms with E-state index in [2.05, 4.69) is 0 Å². The molecule has 0 fully saturated rings. The molecule has 0 atom stereocenters. The van der Waals surface area contributed by atoms with Crippen molar-refractivity contribution in [2.24, 2.45) is 0 Å². The molecule has 2 nitrogen and oxygen atoms in total. The van der Waals surface area contributed by atoms with Crippen LogP contribution in [0.1, 0.15) is 5.56 Å². The number of rotatable bonds is 3. The maximum absolute atomic E-state index is 7.71. The monoisotopic (exact) mass is 204 g/mol. The second-order valence-corrected chi connectivity index (χ2v) is 3.53. The molecule has 0 aromatic heterocycles. The number of hydrogen-bond acceptors (Lipinski definition) is 3. The van der Waals surface area contributed by atoms with Crippen molar-refractivity contribution in [1.29, 1.82) is 10.8 Å².